The Morgan fingerprint density at radius 1 is 0.931 bits per heavy atom. The molecule has 1 amide bonds. The van der Waals surface area contributed by atoms with Crippen molar-refractivity contribution in [2.45, 2.75) is 10.1 Å². The second kappa shape index (κ2) is 8.83. The summed E-state index contributed by atoms with van der Waals surface area (Å²) in [6, 6.07) is 27.9. The third-order valence-electron chi connectivity index (χ3n) is 4.97. The minimum Gasteiger partial charge on any atom is -0.307 e. The lowest BCUT2D eigenvalue weighted by Crippen LogP contribution is -2.43. The van der Waals surface area contributed by atoms with Crippen molar-refractivity contribution in [3.63, 3.8) is 0 Å². The number of amides is 1. The molecule has 3 aromatic carbocycles. The molecule has 144 valence electrons. The third kappa shape index (κ3) is 3.79. The van der Waals surface area contributed by atoms with Crippen LogP contribution in [0.4, 0.5) is 0 Å². The van der Waals surface area contributed by atoms with Gasteiger partial charge in [0.05, 0.1) is 6.54 Å². The normalized spacial score (nSPS) is 21.0. The maximum absolute atomic E-state index is 13.6. The van der Waals surface area contributed by atoms with Gasteiger partial charge >= 0.3 is 0 Å². The lowest BCUT2D eigenvalue weighted by molar-refractivity contribution is -0.131. The summed E-state index contributed by atoms with van der Waals surface area (Å²) < 4.78 is 2.92. The molecule has 29 heavy (non-hydrogen) atoms. The maximum Gasteiger partial charge on any atom is 0.242 e. The van der Waals surface area contributed by atoms with E-state index in [0.29, 0.717) is 11.6 Å². The van der Waals surface area contributed by atoms with Gasteiger partial charge < -0.3 is 4.90 Å². The van der Waals surface area contributed by atoms with Crippen molar-refractivity contribution in [2.75, 3.05) is 6.54 Å². The molecule has 0 spiro atoms. The highest BCUT2D eigenvalue weighted by atomic mass is 127. The maximum atomic E-state index is 13.6. The molecule has 1 fully saturated rings. The molecule has 2 atom stereocenters. The van der Waals surface area contributed by atoms with Crippen LogP contribution in [0, 0.1) is 9.85 Å². The van der Waals surface area contributed by atoms with Gasteiger partial charge in [0, 0.05) is 27.6 Å². The molecule has 1 saturated heterocycles. The summed E-state index contributed by atoms with van der Waals surface area (Å²) in [5, 5.41) is 0.368. The first-order valence-corrected chi connectivity index (χ1v) is 11.4. The zero-order valence-corrected chi connectivity index (χ0v) is 19.1. The van der Waals surface area contributed by atoms with Gasteiger partial charge in [-0.1, -0.05) is 90.3 Å². The van der Waals surface area contributed by atoms with Crippen LogP contribution in [0.15, 0.2) is 84.9 Å². The van der Waals surface area contributed by atoms with Crippen molar-refractivity contribution in [3.8, 4) is 9.85 Å². The van der Waals surface area contributed by atoms with Crippen LogP contribution in [0.3, 0.4) is 0 Å². The summed E-state index contributed by atoms with van der Waals surface area (Å²) in [6.45, 7) is 0.357. The van der Waals surface area contributed by atoms with E-state index in [9.17, 15) is 4.79 Å². The topological polar surface area (TPSA) is 20.3 Å². The predicted molar refractivity (Wildman–Crippen MR) is 129 cm³/mol. The molecule has 1 aliphatic rings. The molecule has 4 rings (SSSR count). The summed E-state index contributed by atoms with van der Waals surface area (Å²) >= 11 is 9.85. The van der Waals surface area contributed by atoms with Crippen molar-refractivity contribution >= 4 is 51.9 Å². The Morgan fingerprint density at radius 3 is 2.14 bits per heavy atom. The molecule has 2 unspecified atom stereocenters. The Morgan fingerprint density at radius 2 is 1.52 bits per heavy atom. The van der Waals surface area contributed by atoms with Gasteiger partial charge in [-0.05, 0) is 32.8 Å². The molecule has 3 aromatic rings. The lowest BCUT2D eigenvalue weighted by Gasteiger charge is -2.37. The summed E-state index contributed by atoms with van der Waals surface area (Å²) in [4.78, 5) is 14.9. The quantitative estimate of drug-likeness (QED) is 0.294. The van der Waals surface area contributed by atoms with Crippen LogP contribution < -0.4 is 0 Å². The smallest absolute Gasteiger partial charge is 0.242 e. The average Bonchev–Trinajstić information content (AvgIpc) is 3.07. The van der Waals surface area contributed by atoms with Crippen LogP contribution >= 0.6 is 46.0 Å². The molecule has 0 aromatic heterocycles. The minimum atomic E-state index is -0.677. The molecule has 1 heterocycles. The monoisotopic (exact) mass is 529 g/mol. The fourth-order valence-electron chi connectivity index (χ4n) is 3.67. The zero-order chi connectivity index (χ0) is 20.3. The molecular weight excluding hydrogens is 513 g/mol. The number of hydrogen-bond donors (Lipinski definition) is 0. The van der Waals surface area contributed by atoms with Gasteiger partial charge in [0.2, 0.25) is 5.91 Å². The van der Waals surface area contributed by atoms with Crippen molar-refractivity contribution in [2.24, 2.45) is 0 Å². The SMILES string of the molecule is O=C1C(c2ccccc2)SC(c2ccccc2)(c2ccc(Cl)cc2)N1CC#CI. The van der Waals surface area contributed by atoms with Crippen molar-refractivity contribution in [1.29, 1.82) is 0 Å². The Bertz CT molecular complexity index is 1060. The Hall–Kier alpha value is -1.94. The number of thioether (sulfide) groups is 1. The zero-order valence-electron chi connectivity index (χ0n) is 15.4. The van der Waals surface area contributed by atoms with Crippen molar-refractivity contribution in [1.82, 2.24) is 4.90 Å². The second-order valence-corrected chi connectivity index (χ2v) is 8.89. The Labute approximate surface area is 193 Å². The molecule has 0 N–H and O–H groups in total. The second-order valence-electron chi connectivity index (χ2n) is 6.62. The van der Waals surface area contributed by atoms with E-state index >= 15 is 0 Å². The van der Waals surface area contributed by atoms with Gasteiger partial charge in [0.1, 0.15) is 10.1 Å². The summed E-state index contributed by atoms with van der Waals surface area (Å²) in [5.41, 5.74) is 3.07. The van der Waals surface area contributed by atoms with E-state index in [4.69, 9.17) is 11.6 Å². The summed E-state index contributed by atoms with van der Waals surface area (Å²) in [6.07, 6.45) is 0. The summed E-state index contributed by atoms with van der Waals surface area (Å²) in [7, 11) is 0. The van der Waals surface area contributed by atoms with E-state index in [2.05, 4.69) is 22.0 Å². The first-order chi connectivity index (χ1) is 14.2. The minimum absolute atomic E-state index is 0.0687. The van der Waals surface area contributed by atoms with E-state index < -0.39 is 4.87 Å². The highest BCUT2D eigenvalue weighted by molar-refractivity contribution is 14.1. The molecule has 0 radical (unpaired) electrons. The van der Waals surface area contributed by atoms with Gasteiger partial charge in [-0.25, -0.2) is 0 Å². The largest absolute Gasteiger partial charge is 0.307 e. The van der Waals surface area contributed by atoms with E-state index in [1.807, 2.05) is 100 Å². The number of nitrogens with zero attached hydrogens (tertiary/aromatic N) is 1. The number of rotatable bonds is 4. The van der Waals surface area contributed by atoms with E-state index in [1.54, 1.807) is 11.8 Å². The number of halogens is 2. The van der Waals surface area contributed by atoms with Crippen molar-refractivity contribution < 1.29 is 4.79 Å². The molecule has 1 aliphatic heterocycles. The third-order valence-corrected chi connectivity index (χ3v) is 7.34. The number of carbonyl (C=O) groups excluding carboxylic acids is 1. The first kappa shape index (κ1) is 20.3. The van der Waals surface area contributed by atoms with Gasteiger partial charge in [-0.3, -0.25) is 4.79 Å². The molecule has 0 bridgehead atoms. The number of carbonyl (C=O) groups is 1. The van der Waals surface area contributed by atoms with Gasteiger partial charge in [0.25, 0.3) is 0 Å². The number of hydrogen-bond acceptors (Lipinski definition) is 2. The highest BCUT2D eigenvalue weighted by Crippen LogP contribution is 2.58. The van der Waals surface area contributed by atoms with Crippen molar-refractivity contribution in [3.05, 3.63) is 107 Å². The number of benzene rings is 3. The average molecular weight is 530 g/mol. The van der Waals surface area contributed by atoms with Crippen LogP contribution in [0.25, 0.3) is 0 Å². The highest BCUT2D eigenvalue weighted by Gasteiger charge is 2.54. The molecular formula is C24H17ClINOS. The first-order valence-electron chi connectivity index (χ1n) is 9.11. The van der Waals surface area contributed by atoms with Gasteiger partial charge in [-0.2, -0.15) is 0 Å². The molecule has 5 heteroatoms. The van der Waals surface area contributed by atoms with E-state index in [0.717, 1.165) is 16.7 Å². The Kier molecular flexibility index (Phi) is 6.19. The standard InChI is InChI=1S/C24H17ClINOS/c25-21-14-12-20(13-15-21)24(19-10-5-2-6-11-19)27(17-7-16-26)23(28)22(29-24)18-8-3-1-4-9-18/h1-6,8-15,22H,17H2. The van der Waals surface area contributed by atoms with Crippen LogP contribution in [-0.4, -0.2) is 17.4 Å². The predicted octanol–water partition coefficient (Wildman–Crippen LogP) is 6.25. The van der Waals surface area contributed by atoms with Gasteiger partial charge in [0.15, 0.2) is 0 Å². The van der Waals surface area contributed by atoms with Crippen LogP contribution in [0.5, 0.6) is 0 Å². The molecule has 2 nitrogen and oxygen atoms in total. The van der Waals surface area contributed by atoms with E-state index in [1.165, 1.54) is 0 Å². The summed E-state index contributed by atoms with van der Waals surface area (Å²) in [5.74, 6) is 3.17. The fourth-order valence-corrected chi connectivity index (χ4v) is 5.66. The Balaban J connectivity index is 1.94. The van der Waals surface area contributed by atoms with Crippen LogP contribution in [-0.2, 0) is 9.67 Å². The molecule has 0 aliphatic carbocycles. The van der Waals surface area contributed by atoms with Crippen LogP contribution in [0.1, 0.15) is 21.9 Å². The van der Waals surface area contributed by atoms with E-state index in [-0.39, 0.29) is 11.2 Å². The fraction of sp³-hybridized carbons (Fsp3) is 0.125. The van der Waals surface area contributed by atoms with Gasteiger partial charge in [-0.15, -0.1) is 11.8 Å². The molecule has 0 saturated carbocycles. The van der Waals surface area contributed by atoms with Crippen LogP contribution in [0.2, 0.25) is 5.02 Å². The lowest BCUT2D eigenvalue weighted by atomic mass is 9.95.